The molecule has 0 aromatic heterocycles. The van der Waals surface area contributed by atoms with E-state index in [4.69, 9.17) is 14.2 Å². The Balaban J connectivity index is 4.12. The lowest BCUT2D eigenvalue weighted by Gasteiger charge is -2.18. The summed E-state index contributed by atoms with van der Waals surface area (Å²) in [5.41, 5.74) is 0. The van der Waals surface area contributed by atoms with Crippen molar-refractivity contribution >= 4 is 17.9 Å². The first-order valence-corrected chi connectivity index (χ1v) is 29.3. The van der Waals surface area contributed by atoms with Crippen molar-refractivity contribution in [2.75, 3.05) is 13.2 Å². The van der Waals surface area contributed by atoms with Crippen LogP contribution in [0.2, 0.25) is 0 Å². The highest BCUT2D eigenvalue weighted by molar-refractivity contribution is 5.71. The van der Waals surface area contributed by atoms with Crippen molar-refractivity contribution in [2.45, 2.75) is 303 Å². The number of hydrogen-bond donors (Lipinski definition) is 0. The monoisotopic (exact) mass is 951 g/mol. The van der Waals surface area contributed by atoms with Crippen LogP contribution in [0.15, 0.2) is 60.8 Å². The van der Waals surface area contributed by atoms with Crippen LogP contribution in [0, 0.1) is 0 Å². The summed E-state index contributed by atoms with van der Waals surface area (Å²) in [6.45, 7) is 6.50. The molecule has 0 amide bonds. The molecule has 0 saturated heterocycles. The summed E-state index contributed by atoms with van der Waals surface area (Å²) in [7, 11) is 0. The van der Waals surface area contributed by atoms with Gasteiger partial charge in [-0.1, -0.05) is 274 Å². The van der Waals surface area contributed by atoms with Crippen molar-refractivity contribution in [3.8, 4) is 0 Å². The third-order valence-electron chi connectivity index (χ3n) is 12.8. The molecule has 0 aliphatic carbocycles. The highest BCUT2D eigenvalue weighted by atomic mass is 16.6. The van der Waals surface area contributed by atoms with E-state index in [1.807, 2.05) is 0 Å². The van der Waals surface area contributed by atoms with Gasteiger partial charge in [0.1, 0.15) is 13.2 Å². The molecule has 68 heavy (non-hydrogen) atoms. The van der Waals surface area contributed by atoms with Crippen LogP contribution in [-0.4, -0.2) is 37.2 Å². The molecule has 0 heterocycles. The maximum Gasteiger partial charge on any atom is 0.306 e. The third-order valence-corrected chi connectivity index (χ3v) is 12.8. The van der Waals surface area contributed by atoms with Gasteiger partial charge in [0.05, 0.1) is 0 Å². The molecule has 1 atom stereocenters. The van der Waals surface area contributed by atoms with Crippen LogP contribution >= 0.6 is 0 Å². The third kappa shape index (κ3) is 54.1. The molecule has 0 aliphatic heterocycles. The fourth-order valence-corrected chi connectivity index (χ4v) is 8.41. The number of ether oxygens (including phenoxy) is 3. The number of rotatable bonds is 53. The summed E-state index contributed by atoms with van der Waals surface area (Å²) >= 11 is 0. The Kier molecular flexibility index (Phi) is 54.3. The van der Waals surface area contributed by atoms with E-state index in [0.717, 1.165) is 96.3 Å². The van der Waals surface area contributed by atoms with E-state index in [1.165, 1.54) is 161 Å². The summed E-state index contributed by atoms with van der Waals surface area (Å²) in [6, 6.07) is 0. The molecular formula is C62H110O6. The van der Waals surface area contributed by atoms with Crippen LogP contribution in [0.1, 0.15) is 297 Å². The summed E-state index contributed by atoms with van der Waals surface area (Å²) in [5.74, 6) is -0.876. The van der Waals surface area contributed by atoms with Crippen LogP contribution in [0.3, 0.4) is 0 Å². The van der Waals surface area contributed by atoms with Crippen molar-refractivity contribution < 1.29 is 28.6 Å². The van der Waals surface area contributed by atoms with E-state index in [2.05, 4.69) is 81.5 Å². The Hall–Kier alpha value is -2.89. The van der Waals surface area contributed by atoms with Crippen molar-refractivity contribution in [3.63, 3.8) is 0 Å². The molecule has 0 aromatic carbocycles. The Morgan fingerprint density at radius 1 is 0.309 bits per heavy atom. The molecule has 0 aromatic rings. The van der Waals surface area contributed by atoms with Crippen molar-refractivity contribution in [2.24, 2.45) is 0 Å². The first-order valence-electron chi connectivity index (χ1n) is 29.3. The van der Waals surface area contributed by atoms with Gasteiger partial charge in [0, 0.05) is 19.3 Å². The van der Waals surface area contributed by atoms with Crippen molar-refractivity contribution in [1.82, 2.24) is 0 Å². The zero-order valence-corrected chi connectivity index (χ0v) is 45.1. The van der Waals surface area contributed by atoms with Crippen LogP contribution in [-0.2, 0) is 28.6 Å². The van der Waals surface area contributed by atoms with E-state index in [9.17, 15) is 14.4 Å². The van der Waals surface area contributed by atoms with E-state index in [-0.39, 0.29) is 31.1 Å². The van der Waals surface area contributed by atoms with E-state index >= 15 is 0 Å². The number of carbonyl (C=O) groups excluding carboxylic acids is 3. The number of unbranched alkanes of at least 4 members (excludes halogenated alkanes) is 32. The Morgan fingerprint density at radius 2 is 0.574 bits per heavy atom. The number of esters is 3. The fourth-order valence-electron chi connectivity index (χ4n) is 8.41. The molecule has 0 fully saturated rings. The zero-order chi connectivity index (χ0) is 49.3. The molecule has 0 saturated carbocycles. The maximum atomic E-state index is 12.8. The van der Waals surface area contributed by atoms with Crippen molar-refractivity contribution in [1.29, 1.82) is 0 Å². The molecule has 394 valence electrons. The smallest absolute Gasteiger partial charge is 0.306 e. The van der Waals surface area contributed by atoms with Gasteiger partial charge in [0.15, 0.2) is 6.10 Å². The van der Waals surface area contributed by atoms with Crippen molar-refractivity contribution in [3.05, 3.63) is 60.8 Å². The van der Waals surface area contributed by atoms with Gasteiger partial charge in [-0.05, 0) is 64.2 Å². The number of carbonyl (C=O) groups is 3. The molecule has 6 nitrogen and oxygen atoms in total. The summed E-state index contributed by atoms with van der Waals surface area (Å²) < 4.78 is 16.8. The lowest BCUT2D eigenvalue weighted by molar-refractivity contribution is -0.167. The molecule has 0 radical (unpaired) electrons. The summed E-state index contributed by atoms with van der Waals surface area (Å²) in [4.78, 5) is 37.9. The normalized spacial score (nSPS) is 12.5. The quantitative estimate of drug-likeness (QED) is 0.0262. The Labute approximate surface area is 421 Å². The lowest BCUT2D eigenvalue weighted by atomic mass is 10.0. The van der Waals surface area contributed by atoms with Gasteiger partial charge in [0.25, 0.3) is 0 Å². The average Bonchev–Trinajstić information content (AvgIpc) is 3.34. The Morgan fingerprint density at radius 3 is 0.897 bits per heavy atom. The average molecular weight is 952 g/mol. The molecule has 0 N–H and O–H groups in total. The predicted molar refractivity (Wildman–Crippen MR) is 293 cm³/mol. The highest BCUT2D eigenvalue weighted by Gasteiger charge is 2.19. The second kappa shape index (κ2) is 56.7. The SMILES string of the molecule is CC/C=C\C/C=C\C/C=C\C/C=C\C/C=C\CCCCCCCCCCCC(=O)OCC(COC(=O)CCCCCCCC)OC(=O)CCCCCCCCCCCCCCCCCCCCC. The second-order valence-corrected chi connectivity index (χ2v) is 19.5. The molecule has 0 rings (SSSR count). The zero-order valence-electron chi connectivity index (χ0n) is 45.1. The molecule has 1 unspecified atom stereocenters. The minimum atomic E-state index is -0.771. The van der Waals surface area contributed by atoms with Gasteiger partial charge < -0.3 is 14.2 Å². The Bertz CT molecular complexity index is 1230. The molecule has 0 aliphatic rings. The van der Waals surface area contributed by atoms with Gasteiger partial charge >= 0.3 is 17.9 Å². The highest BCUT2D eigenvalue weighted by Crippen LogP contribution is 2.17. The topological polar surface area (TPSA) is 78.9 Å². The van der Waals surface area contributed by atoms with Gasteiger partial charge in [-0.15, -0.1) is 0 Å². The summed E-state index contributed by atoms with van der Waals surface area (Å²) in [6.07, 6.45) is 71.0. The summed E-state index contributed by atoms with van der Waals surface area (Å²) in [5, 5.41) is 0. The lowest BCUT2D eigenvalue weighted by Crippen LogP contribution is -2.30. The van der Waals surface area contributed by atoms with Gasteiger partial charge in [0.2, 0.25) is 0 Å². The minimum Gasteiger partial charge on any atom is -0.462 e. The number of hydrogen-bond acceptors (Lipinski definition) is 6. The van der Waals surface area contributed by atoms with Gasteiger partial charge in [-0.3, -0.25) is 14.4 Å². The molecule has 0 spiro atoms. The first kappa shape index (κ1) is 65.1. The van der Waals surface area contributed by atoms with Gasteiger partial charge in [-0.25, -0.2) is 0 Å². The first-order chi connectivity index (χ1) is 33.5. The van der Waals surface area contributed by atoms with E-state index < -0.39 is 6.10 Å². The predicted octanol–water partition coefficient (Wildman–Crippen LogP) is 19.6. The van der Waals surface area contributed by atoms with Gasteiger partial charge in [-0.2, -0.15) is 0 Å². The maximum absolute atomic E-state index is 12.8. The molecular weight excluding hydrogens is 841 g/mol. The standard InChI is InChI=1S/C62H110O6/c1-4-7-10-13-16-18-20-22-24-26-28-29-30-31-32-33-35-36-38-40-42-44-46-49-52-55-61(64)67-58-59(57-66-60(63)54-51-48-15-12-9-6-3)68-62(65)56-53-50-47-45-43-41-39-37-34-27-25-23-21-19-17-14-11-8-5-2/h7,10,16,18,22,24,28-29,31-32,59H,4-6,8-9,11-15,17,19-21,23,25-27,30,33-58H2,1-3H3/b10-7-,18-16-,24-22-,29-28-,32-31-. The fraction of sp³-hybridized carbons (Fsp3) is 0.790. The van der Waals surface area contributed by atoms with E-state index in [0.29, 0.717) is 19.3 Å². The van der Waals surface area contributed by atoms with Crippen LogP contribution in [0.4, 0.5) is 0 Å². The number of allylic oxidation sites excluding steroid dienone is 10. The van der Waals surface area contributed by atoms with Crippen LogP contribution < -0.4 is 0 Å². The molecule has 0 bridgehead atoms. The second-order valence-electron chi connectivity index (χ2n) is 19.5. The van der Waals surface area contributed by atoms with Crippen LogP contribution in [0.25, 0.3) is 0 Å². The van der Waals surface area contributed by atoms with E-state index in [1.54, 1.807) is 0 Å². The largest absolute Gasteiger partial charge is 0.462 e. The molecule has 6 heteroatoms. The minimum absolute atomic E-state index is 0.0732. The van der Waals surface area contributed by atoms with Crippen LogP contribution in [0.5, 0.6) is 0 Å².